The van der Waals surface area contributed by atoms with Crippen LogP contribution in [0.25, 0.3) is 0 Å². The number of primary amides is 1. The van der Waals surface area contributed by atoms with Crippen LogP contribution in [-0.4, -0.2) is 24.6 Å². The molecule has 0 aliphatic rings. The zero-order valence-electron chi connectivity index (χ0n) is 12.7. The highest BCUT2D eigenvalue weighted by molar-refractivity contribution is 5.89. The number of hydrogen-bond donors (Lipinski definition) is 2. The first-order valence-corrected chi connectivity index (χ1v) is 6.96. The summed E-state index contributed by atoms with van der Waals surface area (Å²) in [5.74, 6) is -0.0566. The number of rotatable bonds is 6. The molecule has 2 amide bonds. The van der Waals surface area contributed by atoms with Crippen molar-refractivity contribution in [2.45, 2.75) is 6.92 Å². The minimum Gasteiger partial charge on any atom is -0.484 e. The Bertz CT molecular complexity index is 707. The number of anilines is 1. The Hall–Kier alpha value is -3.15. The first-order chi connectivity index (χ1) is 11.0. The lowest BCUT2D eigenvalue weighted by Crippen LogP contribution is -2.19. The van der Waals surface area contributed by atoms with Crippen molar-refractivity contribution in [1.29, 1.82) is 0 Å². The molecule has 3 N–H and O–H groups in total. The second kappa shape index (κ2) is 7.74. The number of nitrogens with two attached hydrogens (primary N) is 1. The van der Waals surface area contributed by atoms with Gasteiger partial charge in [-0.15, -0.1) is 0 Å². The fourth-order valence-electron chi connectivity index (χ4n) is 1.79. The van der Waals surface area contributed by atoms with Crippen LogP contribution < -0.4 is 15.8 Å². The number of nitrogens with zero attached hydrogens (tertiary/aromatic N) is 1. The van der Waals surface area contributed by atoms with E-state index >= 15 is 0 Å². The summed E-state index contributed by atoms with van der Waals surface area (Å²) in [6.07, 6.45) is 1.71. The van der Waals surface area contributed by atoms with Gasteiger partial charge in [-0.3, -0.25) is 14.6 Å². The second-order valence-corrected chi connectivity index (χ2v) is 4.81. The maximum absolute atomic E-state index is 10.9. The summed E-state index contributed by atoms with van der Waals surface area (Å²) in [5, 5.41) is 2.69. The quantitative estimate of drug-likeness (QED) is 0.801. The second-order valence-electron chi connectivity index (χ2n) is 4.81. The Labute approximate surface area is 134 Å². The molecule has 0 atom stereocenters. The average molecular weight is 311 g/mol. The standard InChI is InChI=1S/C17H17N3O3/c1-12(21)20-15-6-4-14(5-7-15)19-10-13-2-8-16(9-3-13)23-11-17(18)22/h2-10H,11H2,1H3,(H2,18,22)(H,20,21). The van der Waals surface area contributed by atoms with Gasteiger partial charge >= 0.3 is 0 Å². The van der Waals surface area contributed by atoms with Gasteiger partial charge < -0.3 is 15.8 Å². The zero-order valence-corrected chi connectivity index (χ0v) is 12.7. The van der Waals surface area contributed by atoms with Gasteiger partial charge in [0.1, 0.15) is 5.75 Å². The third-order valence-corrected chi connectivity index (χ3v) is 2.81. The summed E-state index contributed by atoms with van der Waals surface area (Å²) in [6.45, 7) is 1.32. The summed E-state index contributed by atoms with van der Waals surface area (Å²) in [4.78, 5) is 25.9. The van der Waals surface area contributed by atoms with Crippen LogP contribution in [0.15, 0.2) is 53.5 Å². The van der Waals surface area contributed by atoms with E-state index in [1.165, 1.54) is 6.92 Å². The maximum atomic E-state index is 10.9. The van der Waals surface area contributed by atoms with Crippen molar-refractivity contribution in [3.05, 3.63) is 54.1 Å². The number of nitrogens with one attached hydrogen (secondary N) is 1. The summed E-state index contributed by atoms with van der Waals surface area (Å²) < 4.78 is 5.18. The van der Waals surface area contributed by atoms with Crippen LogP contribution in [0.4, 0.5) is 11.4 Å². The zero-order chi connectivity index (χ0) is 16.7. The first kappa shape index (κ1) is 16.2. The molecule has 23 heavy (non-hydrogen) atoms. The Kier molecular flexibility index (Phi) is 5.46. The molecule has 0 fully saturated rings. The third kappa shape index (κ3) is 5.62. The van der Waals surface area contributed by atoms with Crippen LogP contribution in [0.5, 0.6) is 5.75 Å². The molecular weight excluding hydrogens is 294 g/mol. The largest absolute Gasteiger partial charge is 0.484 e. The highest BCUT2D eigenvalue weighted by Gasteiger charge is 1.98. The normalized spacial score (nSPS) is 10.5. The fraction of sp³-hybridized carbons (Fsp3) is 0.118. The van der Waals surface area contributed by atoms with Gasteiger partial charge in [-0.1, -0.05) is 0 Å². The molecule has 2 rings (SSSR count). The van der Waals surface area contributed by atoms with E-state index in [0.29, 0.717) is 5.75 Å². The molecule has 0 bridgehead atoms. The smallest absolute Gasteiger partial charge is 0.255 e. The number of hydrogen-bond acceptors (Lipinski definition) is 4. The van der Waals surface area contributed by atoms with E-state index in [2.05, 4.69) is 10.3 Å². The number of carbonyl (C=O) groups is 2. The van der Waals surface area contributed by atoms with E-state index in [4.69, 9.17) is 10.5 Å². The van der Waals surface area contributed by atoms with Gasteiger partial charge in [-0.2, -0.15) is 0 Å². The number of ether oxygens (including phenoxy) is 1. The van der Waals surface area contributed by atoms with Crippen molar-refractivity contribution in [3.8, 4) is 5.75 Å². The molecular formula is C17H17N3O3. The molecule has 0 aliphatic heterocycles. The number of carbonyl (C=O) groups excluding carboxylic acids is 2. The van der Waals surface area contributed by atoms with Gasteiger partial charge in [0.05, 0.1) is 5.69 Å². The molecule has 6 heteroatoms. The van der Waals surface area contributed by atoms with Crippen LogP contribution in [0.2, 0.25) is 0 Å². The minimum atomic E-state index is -0.515. The molecule has 0 saturated carbocycles. The number of amides is 2. The Morgan fingerprint density at radius 3 is 2.35 bits per heavy atom. The molecule has 118 valence electrons. The fourth-order valence-corrected chi connectivity index (χ4v) is 1.79. The molecule has 0 aliphatic carbocycles. The Morgan fingerprint density at radius 1 is 1.13 bits per heavy atom. The molecule has 2 aromatic rings. The molecule has 0 radical (unpaired) electrons. The van der Waals surface area contributed by atoms with Crippen molar-refractivity contribution in [2.75, 3.05) is 11.9 Å². The molecule has 0 aromatic heterocycles. The SMILES string of the molecule is CC(=O)Nc1ccc(N=Cc2ccc(OCC(N)=O)cc2)cc1. The van der Waals surface area contributed by atoms with E-state index < -0.39 is 5.91 Å². The molecule has 0 unspecified atom stereocenters. The third-order valence-electron chi connectivity index (χ3n) is 2.81. The van der Waals surface area contributed by atoms with Gasteiger partial charge in [0.25, 0.3) is 5.91 Å². The molecule has 6 nitrogen and oxygen atoms in total. The van der Waals surface area contributed by atoms with Crippen molar-refractivity contribution in [2.24, 2.45) is 10.7 Å². The van der Waals surface area contributed by atoms with E-state index in [0.717, 1.165) is 16.9 Å². The predicted molar refractivity (Wildman–Crippen MR) is 89.1 cm³/mol. The van der Waals surface area contributed by atoms with Crippen LogP contribution in [0, 0.1) is 0 Å². The lowest BCUT2D eigenvalue weighted by atomic mass is 10.2. The molecule has 2 aromatic carbocycles. The number of aliphatic imine (C=N–C) groups is 1. The predicted octanol–water partition coefficient (Wildman–Crippen LogP) is 2.26. The van der Waals surface area contributed by atoms with Crippen LogP contribution >= 0.6 is 0 Å². The van der Waals surface area contributed by atoms with Crippen LogP contribution in [0.1, 0.15) is 12.5 Å². The summed E-state index contributed by atoms with van der Waals surface area (Å²) >= 11 is 0. The lowest BCUT2D eigenvalue weighted by molar-refractivity contribution is -0.120. The summed E-state index contributed by atoms with van der Waals surface area (Å²) in [6, 6.07) is 14.3. The van der Waals surface area contributed by atoms with E-state index in [-0.39, 0.29) is 12.5 Å². The first-order valence-electron chi connectivity index (χ1n) is 6.96. The maximum Gasteiger partial charge on any atom is 0.255 e. The highest BCUT2D eigenvalue weighted by Crippen LogP contribution is 2.17. The monoisotopic (exact) mass is 311 g/mol. The van der Waals surface area contributed by atoms with Crippen LogP contribution in [-0.2, 0) is 9.59 Å². The topological polar surface area (TPSA) is 93.8 Å². The van der Waals surface area contributed by atoms with Crippen molar-refractivity contribution in [3.63, 3.8) is 0 Å². The van der Waals surface area contributed by atoms with Gasteiger partial charge in [0.15, 0.2) is 6.61 Å². The lowest BCUT2D eigenvalue weighted by Gasteiger charge is -2.03. The average Bonchev–Trinajstić information content (AvgIpc) is 2.53. The molecule has 0 spiro atoms. The Balaban J connectivity index is 1.96. The van der Waals surface area contributed by atoms with E-state index in [1.54, 1.807) is 30.5 Å². The molecule has 0 heterocycles. The van der Waals surface area contributed by atoms with Gasteiger partial charge in [0.2, 0.25) is 5.91 Å². The minimum absolute atomic E-state index is 0.111. The van der Waals surface area contributed by atoms with Crippen molar-refractivity contribution < 1.29 is 14.3 Å². The van der Waals surface area contributed by atoms with E-state index in [1.807, 2.05) is 24.3 Å². The highest BCUT2D eigenvalue weighted by atomic mass is 16.5. The van der Waals surface area contributed by atoms with Gasteiger partial charge in [-0.25, -0.2) is 0 Å². The summed E-state index contributed by atoms with van der Waals surface area (Å²) in [7, 11) is 0. The molecule has 0 saturated heterocycles. The van der Waals surface area contributed by atoms with Crippen LogP contribution in [0.3, 0.4) is 0 Å². The van der Waals surface area contributed by atoms with Crippen molar-refractivity contribution in [1.82, 2.24) is 0 Å². The van der Waals surface area contributed by atoms with Gasteiger partial charge in [-0.05, 0) is 54.1 Å². The van der Waals surface area contributed by atoms with Crippen molar-refractivity contribution >= 4 is 29.4 Å². The Morgan fingerprint density at radius 2 is 1.78 bits per heavy atom. The summed E-state index contributed by atoms with van der Waals surface area (Å²) in [5.41, 5.74) is 7.40. The number of benzene rings is 2. The van der Waals surface area contributed by atoms with Gasteiger partial charge in [0, 0.05) is 18.8 Å². The van der Waals surface area contributed by atoms with E-state index in [9.17, 15) is 9.59 Å².